The highest BCUT2D eigenvalue weighted by Gasteiger charge is 2.61. The lowest BCUT2D eigenvalue weighted by Crippen LogP contribution is -2.47. The van der Waals surface area contributed by atoms with Crippen molar-refractivity contribution in [2.75, 3.05) is 12.3 Å². The molecule has 12 nitrogen and oxygen atoms in total. The average molecular weight is 458 g/mol. The van der Waals surface area contributed by atoms with Crippen LogP contribution in [0.15, 0.2) is 12.5 Å². The van der Waals surface area contributed by atoms with Gasteiger partial charge in [-0.05, 0) is 27.7 Å². The molecular formula is C17H24FN6O6P. The summed E-state index contributed by atoms with van der Waals surface area (Å²) in [5.41, 5.74) is 4.20. The Labute approximate surface area is 177 Å². The van der Waals surface area contributed by atoms with Gasteiger partial charge in [0.1, 0.15) is 23.8 Å². The SMILES string of the molecule is CC(C)OC(=O)[C@H](C)N[P@@]1(=O)OC[C@H]2O[C@@H](n3cnc4cnc(N)nc43)[C@](C)(F)[C@@H]2O1. The number of nitrogen functional groups attached to an aromatic ring is 1. The maximum Gasteiger partial charge on any atom is 0.406 e. The molecule has 0 saturated carbocycles. The van der Waals surface area contributed by atoms with Crippen molar-refractivity contribution >= 4 is 30.8 Å². The predicted octanol–water partition coefficient (Wildman–Crippen LogP) is 1.49. The third-order valence-electron chi connectivity index (χ3n) is 4.99. The summed E-state index contributed by atoms with van der Waals surface area (Å²) in [6, 6.07) is -0.994. The molecule has 31 heavy (non-hydrogen) atoms. The summed E-state index contributed by atoms with van der Waals surface area (Å²) in [6.45, 7) is 5.89. The van der Waals surface area contributed by atoms with Gasteiger partial charge in [0.05, 0.1) is 25.2 Å². The van der Waals surface area contributed by atoms with E-state index < -0.39 is 43.9 Å². The molecular weight excluding hydrogens is 434 g/mol. The Morgan fingerprint density at radius 1 is 1.45 bits per heavy atom. The predicted molar refractivity (Wildman–Crippen MR) is 105 cm³/mol. The number of imidazole rings is 1. The van der Waals surface area contributed by atoms with E-state index >= 15 is 4.39 Å². The van der Waals surface area contributed by atoms with Crippen molar-refractivity contribution in [1.82, 2.24) is 24.6 Å². The number of fused-ring (bicyclic) bond motifs is 2. The van der Waals surface area contributed by atoms with Gasteiger partial charge < -0.3 is 15.2 Å². The van der Waals surface area contributed by atoms with Crippen molar-refractivity contribution in [1.29, 1.82) is 0 Å². The fourth-order valence-electron chi connectivity index (χ4n) is 3.56. The molecule has 2 saturated heterocycles. The zero-order valence-electron chi connectivity index (χ0n) is 17.4. The van der Waals surface area contributed by atoms with Crippen LogP contribution in [-0.2, 0) is 27.9 Å². The number of anilines is 1. The topological polar surface area (TPSA) is 153 Å². The quantitative estimate of drug-likeness (QED) is 0.495. The van der Waals surface area contributed by atoms with Crippen molar-refractivity contribution < 1.29 is 32.3 Å². The van der Waals surface area contributed by atoms with Crippen molar-refractivity contribution in [2.45, 2.75) is 63.9 Å². The molecule has 2 aromatic rings. The second-order valence-electron chi connectivity index (χ2n) is 7.92. The van der Waals surface area contributed by atoms with Crippen LogP contribution in [-0.4, -0.2) is 62.1 Å². The van der Waals surface area contributed by atoms with Gasteiger partial charge in [0.2, 0.25) is 5.95 Å². The summed E-state index contributed by atoms with van der Waals surface area (Å²) >= 11 is 0. The zero-order chi connectivity index (χ0) is 22.6. The van der Waals surface area contributed by atoms with E-state index in [9.17, 15) is 9.36 Å². The summed E-state index contributed by atoms with van der Waals surface area (Å²) in [7, 11) is -4.02. The zero-order valence-corrected chi connectivity index (χ0v) is 18.3. The second-order valence-corrected chi connectivity index (χ2v) is 9.64. The molecule has 14 heteroatoms. The number of nitrogens with zero attached hydrogens (tertiary/aromatic N) is 4. The highest BCUT2D eigenvalue weighted by Crippen LogP contribution is 2.57. The molecule has 4 rings (SSSR count). The Kier molecular flexibility index (Phi) is 5.51. The van der Waals surface area contributed by atoms with Crippen LogP contribution in [0.5, 0.6) is 0 Å². The summed E-state index contributed by atoms with van der Waals surface area (Å²) in [5.74, 6) is -0.633. The number of carbonyl (C=O) groups is 1. The van der Waals surface area contributed by atoms with E-state index in [0.717, 1.165) is 0 Å². The van der Waals surface area contributed by atoms with E-state index in [1.807, 2.05) is 0 Å². The Morgan fingerprint density at radius 2 is 2.19 bits per heavy atom. The van der Waals surface area contributed by atoms with E-state index in [-0.39, 0.29) is 24.3 Å². The molecule has 170 valence electrons. The number of aromatic nitrogens is 4. The number of hydrogen-bond acceptors (Lipinski definition) is 10. The van der Waals surface area contributed by atoms with Gasteiger partial charge in [0.15, 0.2) is 17.5 Å². The normalized spacial score (nSPS) is 34.1. The van der Waals surface area contributed by atoms with Crippen LogP contribution < -0.4 is 10.8 Å². The summed E-state index contributed by atoms with van der Waals surface area (Å²) in [5, 5.41) is 2.50. The first-order valence-corrected chi connectivity index (χ1v) is 11.2. The minimum atomic E-state index is -4.02. The van der Waals surface area contributed by atoms with Crippen molar-refractivity contribution in [3.05, 3.63) is 12.5 Å². The maximum absolute atomic E-state index is 15.9. The molecule has 0 aliphatic carbocycles. The molecule has 6 atom stereocenters. The van der Waals surface area contributed by atoms with Gasteiger partial charge >= 0.3 is 13.7 Å². The molecule has 0 bridgehead atoms. The van der Waals surface area contributed by atoms with Crippen LogP contribution in [0, 0.1) is 0 Å². The molecule has 3 N–H and O–H groups in total. The van der Waals surface area contributed by atoms with E-state index in [0.29, 0.717) is 5.52 Å². The third-order valence-corrected chi connectivity index (χ3v) is 6.68. The average Bonchev–Trinajstić information content (AvgIpc) is 3.19. The van der Waals surface area contributed by atoms with E-state index in [1.165, 1.54) is 30.9 Å². The first-order chi connectivity index (χ1) is 14.5. The van der Waals surface area contributed by atoms with Crippen LogP contribution in [0.1, 0.15) is 33.9 Å². The minimum absolute atomic E-state index is 0.000722. The van der Waals surface area contributed by atoms with Crippen molar-refractivity contribution in [2.24, 2.45) is 0 Å². The number of nitrogens with two attached hydrogens (primary N) is 1. The monoisotopic (exact) mass is 458 g/mol. The number of esters is 1. The Hall–Kier alpha value is -2.18. The Balaban J connectivity index is 1.55. The molecule has 0 aromatic carbocycles. The van der Waals surface area contributed by atoms with Gasteiger partial charge in [0, 0.05) is 0 Å². The Bertz CT molecular complexity index is 1050. The number of alkyl halides is 1. The van der Waals surface area contributed by atoms with Gasteiger partial charge in [-0.1, -0.05) is 0 Å². The minimum Gasteiger partial charge on any atom is -0.462 e. The van der Waals surface area contributed by atoms with E-state index in [1.54, 1.807) is 13.8 Å². The second kappa shape index (κ2) is 7.75. The standard InChI is InChI=1S/C17H24FN6O6P/c1-8(2)28-14(25)9(3)23-31(26)27-6-11-12(30-31)17(4,18)15(29-11)24-7-21-10-5-20-16(19)22-13(10)24/h5,7-9,11-12,15H,6H2,1-4H3,(H,23,26)(H2,19,20,22)/t9-,11+,12+,15+,17+,31+/m0/s1. The number of nitrogens with one attached hydrogen (secondary N) is 1. The van der Waals surface area contributed by atoms with Gasteiger partial charge in [-0.15, -0.1) is 0 Å². The highest BCUT2D eigenvalue weighted by molar-refractivity contribution is 7.51. The molecule has 0 spiro atoms. The molecule has 2 aliphatic heterocycles. The smallest absolute Gasteiger partial charge is 0.406 e. The molecule has 2 aliphatic rings. The molecule has 0 unspecified atom stereocenters. The number of ether oxygens (including phenoxy) is 2. The first kappa shape index (κ1) is 22.0. The lowest BCUT2D eigenvalue weighted by atomic mass is 9.98. The van der Waals surface area contributed by atoms with Crippen molar-refractivity contribution in [3.8, 4) is 0 Å². The number of hydrogen-bond donors (Lipinski definition) is 2. The lowest BCUT2D eigenvalue weighted by molar-refractivity contribution is -0.149. The summed E-state index contributed by atoms with van der Waals surface area (Å²) in [6.07, 6.45) is -0.855. The fraction of sp³-hybridized carbons (Fsp3) is 0.647. The van der Waals surface area contributed by atoms with Crippen LogP contribution in [0.25, 0.3) is 11.2 Å². The largest absolute Gasteiger partial charge is 0.462 e. The third kappa shape index (κ3) is 4.03. The van der Waals surface area contributed by atoms with Crippen molar-refractivity contribution in [3.63, 3.8) is 0 Å². The molecule has 4 heterocycles. The maximum atomic E-state index is 15.9. The number of halogens is 1. The first-order valence-electron chi connectivity index (χ1n) is 9.71. The van der Waals surface area contributed by atoms with Crippen LogP contribution in [0.3, 0.4) is 0 Å². The molecule has 0 amide bonds. The van der Waals surface area contributed by atoms with Gasteiger partial charge in [-0.3, -0.25) is 18.4 Å². The highest BCUT2D eigenvalue weighted by atomic mass is 31.2. The van der Waals surface area contributed by atoms with Gasteiger partial charge in [0.25, 0.3) is 0 Å². The summed E-state index contributed by atoms with van der Waals surface area (Å²) < 4.78 is 52.2. The Morgan fingerprint density at radius 3 is 2.90 bits per heavy atom. The summed E-state index contributed by atoms with van der Waals surface area (Å²) in [4.78, 5) is 24.1. The molecule has 2 aromatic heterocycles. The number of carbonyl (C=O) groups excluding carboxylic acids is 1. The van der Waals surface area contributed by atoms with Gasteiger partial charge in [-0.25, -0.2) is 24.0 Å². The molecule has 0 radical (unpaired) electrons. The number of rotatable bonds is 5. The van der Waals surface area contributed by atoms with Crippen LogP contribution >= 0.6 is 7.75 Å². The van der Waals surface area contributed by atoms with E-state index in [4.69, 9.17) is 24.3 Å². The fourth-order valence-corrected chi connectivity index (χ4v) is 5.32. The van der Waals surface area contributed by atoms with E-state index in [2.05, 4.69) is 20.0 Å². The molecule has 2 fully saturated rings. The van der Waals surface area contributed by atoms with Crippen LogP contribution in [0.4, 0.5) is 10.3 Å². The van der Waals surface area contributed by atoms with Crippen LogP contribution in [0.2, 0.25) is 0 Å². The lowest BCUT2D eigenvalue weighted by Gasteiger charge is -2.35. The van der Waals surface area contributed by atoms with Gasteiger partial charge in [-0.2, -0.15) is 4.98 Å².